The van der Waals surface area contributed by atoms with Gasteiger partial charge in [-0.05, 0) is 48.4 Å². The van der Waals surface area contributed by atoms with Gasteiger partial charge in [0.1, 0.15) is 12.4 Å². The lowest BCUT2D eigenvalue weighted by atomic mass is 10.1. The molecule has 1 aliphatic carbocycles. The molecule has 2 bridgehead atoms. The molecule has 6 rings (SSSR count). The van der Waals surface area contributed by atoms with Crippen molar-refractivity contribution < 1.29 is 23.4 Å². The van der Waals surface area contributed by atoms with Crippen LogP contribution < -0.4 is 9.80 Å². The molecule has 0 spiro atoms. The third-order valence-electron chi connectivity index (χ3n) is 8.55. The minimum atomic E-state index is -0.258. The molecule has 0 N–H and O–H groups in total. The molecule has 4 unspecified atom stereocenters. The van der Waals surface area contributed by atoms with Gasteiger partial charge in [0, 0.05) is 64.1 Å². The molecule has 7 nitrogen and oxygen atoms in total. The Labute approximate surface area is 211 Å². The van der Waals surface area contributed by atoms with Gasteiger partial charge >= 0.3 is 6.09 Å². The van der Waals surface area contributed by atoms with Crippen LogP contribution in [-0.2, 0) is 20.8 Å². The van der Waals surface area contributed by atoms with Crippen LogP contribution in [0.25, 0.3) is 0 Å². The number of carbonyl (C=O) groups excluding carboxylic acids is 1. The first-order chi connectivity index (χ1) is 17.6. The summed E-state index contributed by atoms with van der Waals surface area (Å²) in [5.74, 6) is 1.19. The molecule has 1 saturated carbocycles. The number of fused-ring (bicyclic) bond motifs is 3. The zero-order valence-corrected chi connectivity index (χ0v) is 20.9. The average Bonchev–Trinajstić information content (AvgIpc) is 3.24. The fraction of sp³-hybridized carbons (Fsp3) is 0.536. The number of piperazine rings is 1. The van der Waals surface area contributed by atoms with Gasteiger partial charge in [0.15, 0.2) is 6.29 Å². The number of carbonyl (C=O) groups is 1. The first kappa shape index (κ1) is 23.6. The predicted molar refractivity (Wildman–Crippen MR) is 134 cm³/mol. The number of rotatable bonds is 7. The first-order valence-electron chi connectivity index (χ1n) is 12.9. The normalized spacial score (nSPS) is 28.6. The van der Waals surface area contributed by atoms with Gasteiger partial charge in [0.2, 0.25) is 0 Å². The molecule has 36 heavy (non-hydrogen) atoms. The lowest BCUT2D eigenvalue weighted by Crippen LogP contribution is -2.55. The van der Waals surface area contributed by atoms with Gasteiger partial charge in [0.25, 0.3) is 0 Å². The minimum absolute atomic E-state index is 0.176. The summed E-state index contributed by atoms with van der Waals surface area (Å²) < 4.78 is 31.4. The predicted octanol–water partition coefficient (Wildman–Crippen LogP) is 4.12. The minimum Gasteiger partial charge on any atom is -0.445 e. The van der Waals surface area contributed by atoms with E-state index in [4.69, 9.17) is 14.2 Å². The van der Waals surface area contributed by atoms with Crippen molar-refractivity contribution in [2.24, 2.45) is 17.8 Å². The summed E-state index contributed by atoms with van der Waals surface area (Å²) >= 11 is 0. The number of amides is 1. The van der Waals surface area contributed by atoms with Crippen LogP contribution in [0.2, 0.25) is 0 Å². The van der Waals surface area contributed by atoms with Crippen molar-refractivity contribution in [3.05, 3.63) is 59.9 Å². The SMILES string of the molecule is COC(OC)C1C2CN(c3cc(N4C5CCC4CN(C(=O)OCc4ccccc4)C5)ccc3F)CC21. The molecule has 0 aromatic heterocycles. The number of halogens is 1. The van der Waals surface area contributed by atoms with Crippen LogP contribution in [0.3, 0.4) is 0 Å². The average molecular weight is 496 g/mol. The molecule has 4 fully saturated rings. The molecule has 4 atom stereocenters. The number of piperidine rings is 1. The molecule has 3 saturated heterocycles. The highest BCUT2D eigenvalue weighted by molar-refractivity contribution is 5.69. The fourth-order valence-corrected chi connectivity index (χ4v) is 6.77. The maximum atomic E-state index is 14.9. The molecular weight excluding hydrogens is 461 g/mol. The highest BCUT2D eigenvalue weighted by atomic mass is 19.1. The second-order valence-corrected chi connectivity index (χ2v) is 10.5. The van der Waals surface area contributed by atoms with Gasteiger partial charge in [-0.25, -0.2) is 9.18 Å². The summed E-state index contributed by atoms with van der Waals surface area (Å²) in [4.78, 5) is 19.2. The van der Waals surface area contributed by atoms with Gasteiger partial charge in [-0.2, -0.15) is 0 Å². The standard InChI is InChI=1S/C28H34FN3O4/c1-34-27(35-2)26-22-15-30(16-23(22)26)25-12-19(10-11-24(25)29)32-20-8-9-21(32)14-31(13-20)28(33)36-17-18-6-4-3-5-7-18/h3-7,10-12,20-23,26-27H,8-9,13-17H2,1-2H3. The highest BCUT2D eigenvalue weighted by Gasteiger charge is 2.59. The first-order valence-corrected chi connectivity index (χ1v) is 12.9. The highest BCUT2D eigenvalue weighted by Crippen LogP contribution is 2.55. The Morgan fingerprint density at radius 1 is 0.972 bits per heavy atom. The summed E-state index contributed by atoms with van der Waals surface area (Å²) in [5, 5.41) is 0. The summed E-state index contributed by atoms with van der Waals surface area (Å²) in [7, 11) is 3.36. The van der Waals surface area contributed by atoms with E-state index >= 15 is 0 Å². The Hall–Kier alpha value is -2.84. The second-order valence-electron chi connectivity index (χ2n) is 10.5. The number of ether oxygens (including phenoxy) is 3. The quantitative estimate of drug-likeness (QED) is 0.539. The van der Waals surface area contributed by atoms with Crippen LogP contribution in [0.15, 0.2) is 48.5 Å². The topological polar surface area (TPSA) is 54.5 Å². The molecule has 2 aromatic carbocycles. The van der Waals surface area contributed by atoms with Crippen molar-refractivity contribution in [3.8, 4) is 0 Å². The number of benzene rings is 2. The zero-order chi connectivity index (χ0) is 24.8. The molecule has 2 aromatic rings. The van der Waals surface area contributed by atoms with Gasteiger partial charge in [-0.1, -0.05) is 30.3 Å². The van der Waals surface area contributed by atoms with Crippen LogP contribution in [0.5, 0.6) is 0 Å². The van der Waals surface area contributed by atoms with Crippen molar-refractivity contribution in [1.82, 2.24) is 4.90 Å². The van der Waals surface area contributed by atoms with E-state index in [0.717, 1.165) is 37.2 Å². The van der Waals surface area contributed by atoms with E-state index in [9.17, 15) is 9.18 Å². The smallest absolute Gasteiger partial charge is 0.410 e. The van der Waals surface area contributed by atoms with Gasteiger partial charge in [0.05, 0.1) is 5.69 Å². The van der Waals surface area contributed by atoms with E-state index in [1.807, 2.05) is 47.4 Å². The number of hydrogen-bond donors (Lipinski definition) is 0. The summed E-state index contributed by atoms with van der Waals surface area (Å²) in [6, 6.07) is 15.7. The van der Waals surface area contributed by atoms with E-state index in [2.05, 4.69) is 9.80 Å². The van der Waals surface area contributed by atoms with Gasteiger partial charge in [-0.15, -0.1) is 0 Å². The second kappa shape index (κ2) is 9.56. The Morgan fingerprint density at radius 3 is 2.28 bits per heavy atom. The third-order valence-corrected chi connectivity index (χ3v) is 8.55. The molecule has 192 valence electrons. The maximum absolute atomic E-state index is 14.9. The molecule has 0 radical (unpaired) electrons. The molecular formula is C28H34FN3O4. The van der Waals surface area contributed by atoms with Crippen molar-refractivity contribution >= 4 is 17.5 Å². The zero-order valence-electron chi connectivity index (χ0n) is 20.9. The van der Waals surface area contributed by atoms with E-state index in [0.29, 0.717) is 36.5 Å². The summed E-state index contributed by atoms with van der Waals surface area (Å²) in [6.45, 7) is 3.19. The van der Waals surface area contributed by atoms with E-state index in [1.165, 1.54) is 0 Å². The van der Waals surface area contributed by atoms with Crippen LogP contribution in [0, 0.1) is 23.6 Å². The molecule has 3 heterocycles. The van der Waals surface area contributed by atoms with Crippen molar-refractivity contribution in [2.75, 3.05) is 50.2 Å². The van der Waals surface area contributed by atoms with Gasteiger partial charge in [-0.3, -0.25) is 0 Å². The van der Waals surface area contributed by atoms with Crippen molar-refractivity contribution in [1.29, 1.82) is 0 Å². The Bertz CT molecular complexity index is 1070. The Kier molecular flexibility index (Phi) is 6.25. The van der Waals surface area contributed by atoms with Crippen LogP contribution >= 0.6 is 0 Å². The number of nitrogens with zero attached hydrogens (tertiary/aromatic N) is 3. The van der Waals surface area contributed by atoms with Crippen molar-refractivity contribution in [2.45, 2.75) is 37.8 Å². The van der Waals surface area contributed by atoms with E-state index < -0.39 is 0 Å². The fourth-order valence-electron chi connectivity index (χ4n) is 6.77. The number of methoxy groups -OCH3 is 2. The summed E-state index contributed by atoms with van der Waals surface area (Å²) in [5.41, 5.74) is 2.70. The largest absolute Gasteiger partial charge is 0.445 e. The van der Waals surface area contributed by atoms with Crippen LogP contribution in [0.1, 0.15) is 18.4 Å². The number of likely N-dealkylation sites (tertiary alicyclic amines) is 1. The molecule has 3 aliphatic heterocycles. The van der Waals surface area contributed by atoms with E-state index in [-0.39, 0.29) is 36.9 Å². The van der Waals surface area contributed by atoms with Gasteiger partial charge < -0.3 is 28.9 Å². The molecule has 1 amide bonds. The number of anilines is 2. The van der Waals surface area contributed by atoms with Crippen LogP contribution in [0.4, 0.5) is 20.6 Å². The number of hydrogen-bond acceptors (Lipinski definition) is 6. The third kappa shape index (κ3) is 4.20. The van der Waals surface area contributed by atoms with E-state index in [1.54, 1.807) is 20.3 Å². The Morgan fingerprint density at radius 2 is 1.64 bits per heavy atom. The van der Waals surface area contributed by atoms with Crippen molar-refractivity contribution in [3.63, 3.8) is 0 Å². The molecule has 4 aliphatic rings. The summed E-state index contributed by atoms with van der Waals surface area (Å²) in [6.07, 6.45) is 1.60. The lowest BCUT2D eigenvalue weighted by molar-refractivity contribution is -0.121. The monoisotopic (exact) mass is 495 g/mol. The maximum Gasteiger partial charge on any atom is 0.410 e. The Balaban J connectivity index is 1.10. The molecule has 8 heteroatoms. The lowest BCUT2D eigenvalue weighted by Gasteiger charge is -2.42. The van der Waals surface area contributed by atoms with Crippen LogP contribution in [-0.4, -0.2) is 69.8 Å².